The average Bonchev–Trinajstić information content (AvgIpc) is 2.20. The van der Waals surface area contributed by atoms with E-state index in [0.29, 0.717) is 6.54 Å². The Morgan fingerprint density at radius 2 is 2.07 bits per heavy atom. The Bertz CT molecular complexity index is 360. The fourth-order valence-electron chi connectivity index (χ4n) is 1.16. The van der Waals surface area contributed by atoms with Crippen molar-refractivity contribution in [3.8, 4) is 17.6 Å². The summed E-state index contributed by atoms with van der Waals surface area (Å²) < 4.78 is 5.64. The van der Waals surface area contributed by atoms with Crippen molar-refractivity contribution in [2.75, 3.05) is 6.54 Å². The first-order valence-electron chi connectivity index (χ1n) is 5.18. The number of nitrogens with two attached hydrogens (primary N) is 1. The number of benzene rings is 1. The van der Waals surface area contributed by atoms with Crippen LogP contribution < -0.4 is 10.5 Å². The molecule has 1 rings (SSSR count). The molecule has 0 aliphatic rings. The molecule has 0 unspecified atom stereocenters. The predicted octanol–water partition coefficient (Wildman–Crippen LogP) is 2.17. The van der Waals surface area contributed by atoms with Gasteiger partial charge >= 0.3 is 0 Å². The van der Waals surface area contributed by atoms with Crippen LogP contribution in [0.4, 0.5) is 0 Å². The molecule has 0 aliphatic heterocycles. The summed E-state index contributed by atoms with van der Waals surface area (Å²) in [5.74, 6) is 6.92. The second-order valence-corrected chi connectivity index (χ2v) is 3.50. The van der Waals surface area contributed by atoms with Gasteiger partial charge < -0.3 is 10.5 Å². The third-order valence-corrected chi connectivity index (χ3v) is 1.74. The second-order valence-electron chi connectivity index (χ2n) is 3.50. The van der Waals surface area contributed by atoms with E-state index in [1.165, 1.54) is 0 Å². The van der Waals surface area contributed by atoms with Crippen LogP contribution in [-0.4, -0.2) is 12.6 Å². The summed E-state index contributed by atoms with van der Waals surface area (Å²) in [5, 5.41) is 0. The van der Waals surface area contributed by atoms with Gasteiger partial charge in [-0.15, -0.1) is 0 Å². The van der Waals surface area contributed by atoms with E-state index < -0.39 is 0 Å². The molecule has 2 N–H and O–H groups in total. The first-order chi connectivity index (χ1) is 7.24. The van der Waals surface area contributed by atoms with Crippen LogP contribution in [0.25, 0.3) is 0 Å². The van der Waals surface area contributed by atoms with E-state index in [1.807, 2.05) is 38.1 Å². The summed E-state index contributed by atoms with van der Waals surface area (Å²) in [6.07, 6.45) is 0.887. The molecule has 0 amide bonds. The van der Waals surface area contributed by atoms with Gasteiger partial charge in [0.05, 0.1) is 11.7 Å². The van der Waals surface area contributed by atoms with E-state index in [1.54, 1.807) is 0 Å². The van der Waals surface area contributed by atoms with Gasteiger partial charge in [0, 0.05) is 13.0 Å². The highest BCUT2D eigenvalue weighted by Crippen LogP contribution is 2.17. The highest BCUT2D eigenvalue weighted by atomic mass is 16.5. The monoisotopic (exact) mass is 203 g/mol. The molecule has 0 saturated heterocycles. The molecule has 1 aromatic carbocycles. The molecule has 0 radical (unpaired) electrons. The van der Waals surface area contributed by atoms with Crippen molar-refractivity contribution in [1.82, 2.24) is 0 Å². The molecule has 1 aromatic rings. The molecule has 80 valence electrons. The summed E-state index contributed by atoms with van der Waals surface area (Å²) in [4.78, 5) is 0. The van der Waals surface area contributed by atoms with Crippen LogP contribution in [0.5, 0.6) is 5.75 Å². The van der Waals surface area contributed by atoms with E-state index >= 15 is 0 Å². The van der Waals surface area contributed by atoms with Crippen LogP contribution in [0.2, 0.25) is 0 Å². The molecule has 0 fully saturated rings. The fourth-order valence-corrected chi connectivity index (χ4v) is 1.16. The lowest BCUT2D eigenvalue weighted by atomic mass is 10.2. The Hall–Kier alpha value is -1.46. The van der Waals surface area contributed by atoms with Gasteiger partial charge in [-0.3, -0.25) is 0 Å². The molecule has 0 aromatic heterocycles. The van der Waals surface area contributed by atoms with Crippen LogP contribution in [0.3, 0.4) is 0 Å². The first kappa shape index (κ1) is 11.6. The highest BCUT2D eigenvalue weighted by Gasteiger charge is 2.01. The van der Waals surface area contributed by atoms with Gasteiger partial charge in [0.2, 0.25) is 0 Å². The van der Waals surface area contributed by atoms with Crippen LogP contribution in [-0.2, 0) is 0 Å². The van der Waals surface area contributed by atoms with Crippen LogP contribution >= 0.6 is 0 Å². The standard InChI is InChI=1S/C13H17NO/c1-11(2)15-13-9-4-3-7-12(13)8-5-6-10-14/h3-4,7,9,11H,6,10,14H2,1-2H3. The average molecular weight is 203 g/mol. The largest absolute Gasteiger partial charge is 0.490 e. The zero-order chi connectivity index (χ0) is 11.1. The quantitative estimate of drug-likeness (QED) is 0.764. The summed E-state index contributed by atoms with van der Waals surface area (Å²) >= 11 is 0. The zero-order valence-corrected chi connectivity index (χ0v) is 9.29. The first-order valence-corrected chi connectivity index (χ1v) is 5.18. The van der Waals surface area contributed by atoms with Crippen molar-refractivity contribution < 1.29 is 4.74 Å². The summed E-state index contributed by atoms with van der Waals surface area (Å²) in [5.41, 5.74) is 6.31. The lowest BCUT2D eigenvalue weighted by molar-refractivity contribution is 0.242. The minimum atomic E-state index is 0.169. The summed E-state index contributed by atoms with van der Waals surface area (Å²) in [6, 6.07) is 7.80. The Morgan fingerprint density at radius 3 is 2.73 bits per heavy atom. The second kappa shape index (κ2) is 6.10. The lowest BCUT2D eigenvalue weighted by Crippen LogP contribution is -2.06. The van der Waals surface area contributed by atoms with Gasteiger partial charge in [-0.25, -0.2) is 0 Å². The van der Waals surface area contributed by atoms with Gasteiger partial charge in [0.1, 0.15) is 5.75 Å². The van der Waals surface area contributed by atoms with Gasteiger partial charge in [-0.05, 0) is 26.0 Å². The highest BCUT2D eigenvalue weighted by molar-refractivity contribution is 5.45. The summed E-state index contributed by atoms with van der Waals surface area (Å²) in [7, 11) is 0. The van der Waals surface area contributed by atoms with Gasteiger partial charge in [0.25, 0.3) is 0 Å². The van der Waals surface area contributed by atoms with Gasteiger partial charge in [-0.2, -0.15) is 0 Å². The Balaban J connectivity index is 2.83. The van der Waals surface area contributed by atoms with Crippen LogP contribution in [0.1, 0.15) is 25.8 Å². The topological polar surface area (TPSA) is 35.2 Å². The fraction of sp³-hybridized carbons (Fsp3) is 0.385. The zero-order valence-electron chi connectivity index (χ0n) is 9.29. The van der Waals surface area contributed by atoms with Gasteiger partial charge in [-0.1, -0.05) is 24.0 Å². The smallest absolute Gasteiger partial charge is 0.135 e. The van der Waals surface area contributed by atoms with Crippen molar-refractivity contribution in [1.29, 1.82) is 0 Å². The van der Waals surface area contributed by atoms with Crippen LogP contribution in [0.15, 0.2) is 24.3 Å². The van der Waals surface area contributed by atoms with Crippen molar-refractivity contribution in [3.05, 3.63) is 29.8 Å². The summed E-state index contributed by atoms with van der Waals surface area (Å²) in [6.45, 7) is 4.61. The maximum Gasteiger partial charge on any atom is 0.135 e. The Kier molecular flexibility index (Phi) is 4.73. The third kappa shape index (κ3) is 4.05. The van der Waals surface area contributed by atoms with Crippen molar-refractivity contribution in [2.24, 2.45) is 5.73 Å². The molecule has 15 heavy (non-hydrogen) atoms. The molecule has 2 nitrogen and oxygen atoms in total. The minimum absolute atomic E-state index is 0.169. The molecule has 0 saturated carbocycles. The van der Waals surface area contributed by atoms with Crippen molar-refractivity contribution >= 4 is 0 Å². The number of rotatable bonds is 3. The number of hydrogen-bond donors (Lipinski definition) is 1. The predicted molar refractivity (Wildman–Crippen MR) is 62.8 cm³/mol. The minimum Gasteiger partial charge on any atom is -0.490 e. The molecule has 0 atom stereocenters. The van der Waals surface area contributed by atoms with E-state index in [2.05, 4.69) is 11.8 Å². The van der Waals surface area contributed by atoms with E-state index in [4.69, 9.17) is 10.5 Å². The maximum absolute atomic E-state index is 5.64. The molecule has 0 heterocycles. The normalized spacial score (nSPS) is 9.60. The lowest BCUT2D eigenvalue weighted by Gasteiger charge is -2.10. The number of hydrogen-bond acceptors (Lipinski definition) is 2. The van der Waals surface area contributed by atoms with Crippen molar-refractivity contribution in [2.45, 2.75) is 26.4 Å². The molecular weight excluding hydrogens is 186 g/mol. The Morgan fingerprint density at radius 1 is 1.33 bits per heavy atom. The molecule has 0 aliphatic carbocycles. The van der Waals surface area contributed by atoms with Crippen molar-refractivity contribution in [3.63, 3.8) is 0 Å². The van der Waals surface area contributed by atoms with E-state index in [-0.39, 0.29) is 6.10 Å². The van der Waals surface area contributed by atoms with Gasteiger partial charge in [0.15, 0.2) is 0 Å². The molecule has 0 bridgehead atoms. The number of ether oxygens (including phenoxy) is 1. The van der Waals surface area contributed by atoms with E-state index in [0.717, 1.165) is 17.7 Å². The molecule has 0 spiro atoms. The maximum atomic E-state index is 5.64. The van der Waals surface area contributed by atoms with E-state index in [9.17, 15) is 0 Å². The number of para-hydroxylation sites is 1. The SMILES string of the molecule is CC(C)Oc1ccccc1C#CCCN. The molecular formula is C13H17NO. The Labute approximate surface area is 91.4 Å². The molecule has 2 heteroatoms. The third-order valence-electron chi connectivity index (χ3n) is 1.74. The van der Waals surface area contributed by atoms with Crippen LogP contribution in [0, 0.1) is 11.8 Å².